The van der Waals surface area contributed by atoms with Gasteiger partial charge in [0.15, 0.2) is 0 Å². The zero-order valence-corrected chi connectivity index (χ0v) is 20.7. The molecule has 0 spiro atoms. The zero-order valence-electron chi connectivity index (χ0n) is 19.9. The van der Waals surface area contributed by atoms with E-state index in [2.05, 4.69) is 6.07 Å². The minimum Gasteiger partial charge on any atom is -0.270 e. The molecule has 0 aliphatic carbocycles. The lowest BCUT2D eigenvalue weighted by Crippen LogP contribution is -2.60. The Kier molecular flexibility index (Phi) is 6.27. The number of aryl methyl sites for hydroxylation is 1. The summed E-state index contributed by atoms with van der Waals surface area (Å²) in [6.45, 7) is 2.34. The number of hydrogen-bond donors (Lipinski definition) is 0. The molecule has 0 aromatic heterocycles. The summed E-state index contributed by atoms with van der Waals surface area (Å²) in [7, 11) is -3.66. The fraction of sp³-hybridized carbons (Fsp3) is 0.133. The average molecular weight is 492 g/mol. The van der Waals surface area contributed by atoms with Crippen LogP contribution in [0.3, 0.4) is 0 Å². The first-order chi connectivity index (χ1) is 17.4. The molecule has 0 atom stereocenters. The van der Waals surface area contributed by atoms with Gasteiger partial charge in [-0.05, 0) is 36.8 Å². The van der Waals surface area contributed by atoms with E-state index in [1.165, 1.54) is 4.31 Å². The van der Waals surface area contributed by atoms with E-state index in [0.717, 1.165) is 28.0 Å². The summed E-state index contributed by atoms with van der Waals surface area (Å²) in [4.78, 5) is 5.55. The highest BCUT2D eigenvalue weighted by Crippen LogP contribution is 2.40. The van der Waals surface area contributed by atoms with E-state index in [4.69, 9.17) is 4.99 Å². The third-order valence-corrected chi connectivity index (χ3v) is 8.31. The molecule has 178 valence electrons. The van der Waals surface area contributed by atoms with Gasteiger partial charge in [0.2, 0.25) is 10.0 Å². The van der Waals surface area contributed by atoms with E-state index < -0.39 is 15.6 Å². The molecular weight excluding hydrogens is 466 g/mol. The van der Waals surface area contributed by atoms with Crippen LogP contribution in [-0.4, -0.2) is 31.5 Å². The van der Waals surface area contributed by atoms with Crippen molar-refractivity contribution in [3.05, 3.63) is 137 Å². The Bertz CT molecular complexity index is 1490. The summed E-state index contributed by atoms with van der Waals surface area (Å²) in [5.74, 6) is 0. The van der Waals surface area contributed by atoms with Crippen LogP contribution in [0.2, 0.25) is 0 Å². The van der Waals surface area contributed by atoms with Gasteiger partial charge in [0.25, 0.3) is 0 Å². The van der Waals surface area contributed by atoms with Gasteiger partial charge in [-0.2, -0.15) is 9.57 Å². The second kappa shape index (κ2) is 9.54. The monoisotopic (exact) mass is 491 g/mol. The predicted molar refractivity (Wildman–Crippen MR) is 141 cm³/mol. The molecule has 4 aromatic rings. The molecule has 0 radical (unpaired) electrons. The van der Waals surface area contributed by atoms with Crippen LogP contribution in [0.25, 0.3) is 0 Å². The molecule has 1 aliphatic heterocycles. The van der Waals surface area contributed by atoms with Crippen molar-refractivity contribution in [3.8, 4) is 6.07 Å². The van der Waals surface area contributed by atoms with Gasteiger partial charge in [0.05, 0.1) is 22.2 Å². The summed E-state index contributed by atoms with van der Waals surface area (Å²) in [6.07, 6.45) is 0. The summed E-state index contributed by atoms with van der Waals surface area (Å²) in [6, 6.07) is 36.2. The van der Waals surface area contributed by atoms with Crippen molar-refractivity contribution in [1.82, 2.24) is 4.31 Å². The van der Waals surface area contributed by atoms with Gasteiger partial charge in [-0.15, -0.1) is 0 Å². The van der Waals surface area contributed by atoms with Crippen LogP contribution in [0, 0.1) is 18.3 Å². The van der Waals surface area contributed by atoms with Gasteiger partial charge in [0, 0.05) is 24.2 Å². The molecule has 0 saturated carbocycles. The number of aliphatic imine (C=N–C) groups is 1. The smallest absolute Gasteiger partial charge is 0.243 e. The standard InChI is InChI=1S/C30H25N3O2S/c1-23-12-18-28(19-13-23)36(34,35)33-21-30(22-33,27-16-14-24(20-31)15-17-27)32-29(25-8-4-2-5-9-25)26-10-6-3-7-11-26/h2-19H,21-22H2,1H3. The topological polar surface area (TPSA) is 73.5 Å². The first-order valence-electron chi connectivity index (χ1n) is 11.7. The van der Waals surface area contributed by atoms with Gasteiger partial charge in [0.1, 0.15) is 5.54 Å². The summed E-state index contributed by atoms with van der Waals surface area (Å²) in [5.41, 5.74) is 4.35. The van der Waals surface area contributed by atoms with Gasteiger partial charge in [-0.1, -0.05) is 90.5 Å². The fourth-order valence-corrected chi connectivity index (χ4v) is 5.99. The van der Waals surface area contributed by atoms with Crippen LogP contribution in [-0.2, 0) is 15.6 Å². The van der Waals surface area contributed by atoms with Crippen molar-refractivity contribution in [2.75, 3.05) is 13.1 Å². The Hall–Kier alpha value is -4.05. The molecule has 0 amide bonds. The third kappa shape index (κ3) is 4.47. The van der Waals surface area contributed by atoms with Crippen LogP contribution in [0.1, 0.15) is 27.8 Å². The molecule has 0 unspecified atom stereocenters. The Balaban J connectivity index is 1.61. The summed E-state index contributed by atoms with van der Waals surface area (Å²) < 4.78 is 28.3. The molecule has 5 nitrogen and oxygen atoms in total. The minimum atomic E-state index is -3.66. The zero-order chi connectivity index (χ0) is 25.2. The van der Waals surface area contributed by atoms with Crippen molar-refractivity contribution >= 4 is 15.7 Å². The van der Waals surface area contributed by atoms with E-state index in [9.17, 15) is 13.7 Å². The molecular formula is C30H25N3O2S. The van der Waals surface area contributed by atoms with Crippen LogP contribution in [0.4, 0.5) is 0 Å². The van der Waals surface area contributed by atoms with Gasteiger partial charge < -0.3 is 0 Å². The van der Waals surface area contributed by atoms with Crippen molar-refractivity contribution in [3.63, 3.8) is 0 Å². The lowest BCUT2D eigenvalue weighted by atomic mass is 9.83. The lowest BCUT2D eigenvalue weighted by Gasteiger charge is -2.47. The average Bonchev–Trinajstić information content (AvgIpc) is 2.89. The molecule has 1 aliphatic rings. The minimum absolute atomic E-state index is 0.207. The van der Waals surface area contributed by atoms with Crippen LogP contribution >= 0.6 is 0 Å². The maximum absolute atomic E-state index is 13.4. The summed E-state index contributed by atoms with van der Waals surface area (Å²) in [5, 5.41) is 9.27. The molecule has 5 rings (SSSR count). The first kappa shape index (κ1) is 23.7. The fourth-order valence-electron chi connectivity index (χ4n) is 4.44. The molecule has 4 aromatic carbocycles. The Morgan fingerprint density at radius 1 is 0.806 bits per heavy atom. The SMILES string of the molecule is Cc1ccc(S(=O)(=O)N2CC(N=C(c3ccccc3)c3ccccc3)(c3ccc(C#N)cc3)C2)cc1. The van der Waals surface area contributed by atoms with Crippen LogP contribution in [0.5, 0.6) is 0 Å². The maximum Gasteiger partial charge on any atom is 0.243 e. The van der Waals surface area contributed by atoms with E-state index in [-0.39, 0.29) is 18.0 Å². The van der Waals surface area contributed by atoms with E-state index in [1.807, 2.05) is 91.9 Å². The highest BCUT2D eigenvalue weighted by atomic mass is 32.2. The Morgan fingerprint density at radius 2 is 1.33 bits per heavy atom. The first-order valence-corrected chi connectivity index (χ1v) is 13.1. The summed E-state index contributed by atoms with van der Waals surface area (Å²) >= 11 is 0. The quantitative estimate of drug-likeness (QED) is 0.343. The molecule has 1 heterocycles. The highest BCUT2D eigenvalue weighted by Gasteiger charge is 2.50. The second-order valence-corrected chi connectivity index (χ2v) is 10.9. The van der Waals surface area contributed by atoms with Crippen molar-refractivity contribution in [2.45, 2.75) is 17.4 Å². The largest absolute Gasteiger partial charge is 0.270 e. The Labute approximate surface area is 212 Å². The lowest BCUT2D eigenvalue weighted by molar-refractivity contribution is 0.161. The Morgan fingerprint density at radius 3 is 1.83 bits per heavy atom. The number of benzene rings is 4. The molecule has 1 saturated heterocycles. The number of nitriles is 1. The van der Waals surface area contributed by atoms with Gasteiger partial charge >= 0.3 is 0 Å². The van der Waals surface area contributed by atoms with Crippen molar-refractivity contribution in [2.24, 2.45) is 4.99 Å². The number of hydrogen-bond acceptors (Lipinski definition) is 4. The van der Waals surface area contributed by atoms with Crippen LogP contribution < -0.4 is 0 Å². The molecule has 0 N–H and O–H groups in total. The molecule has 36 heavy (non-hydrogen) atoms. The number of sulfonamides is 1. The third-order valence-electron chi connectivity index (χ3n) is 6.51. The normalized spacial score (nSPS) is 14.9. The van der Waals surface area contributed by atoms with E-state index >= 15 is 0 Å². The molecule has 6 heteroatoms. The van der Waals surface area contributed by atoms with Crippen molar-refractivity contribution < 1.29 is 8.42 Å². The molecule has 0 bridgehead atoms. The highest BCUT2D eigenvalue weighted by molar-refractivity contribution is 7.89. The number of nitrogens with zero attached hydrogens (tertiary/aromatic N) is 3. The van der Waals surface area contributed by atoms with Crippen LogP contribution in [0.15, 0.2) is 119 Å². The van der Waals surface area contributed by atoms with E-state index in [1.54, 1.807) is 24.3 Å². The van der Waals surface area contributed by atoms with Gasteiger partial charge in [-0.25, -0.2) is 8.42 Å². The van der Waals surface area contributed by atoms with Crippen molar-refractivity contribution in [1.29, 1.82) is 5.26 Å². The van der Waals surface area contributed by atoms with Gasteiger partial charge in [-0.3, -0.25) is 4.99 Å². The predicted octanol–water partition coefficient (Wildman–Crippen LogP) is 5.30. The molecule has 1 fully saturated rings. The number of rotatable bonds is 6. The van der Waals surface area contributed by atoms with E-state index in [0.29, 0.717) is 5.56 Å². The maximum atomic E-state index is 13.4. The second-order valence-electron chi connectivity index (χ2n) is 9.00.